The van der Waals surface area contributed by atoms with E-state index in [1.165, 1.54) is 21.2 Å². The zero-order valence-electron chi connectivity index (χ0n) is 6.39. The molecule has 0 saturated carbocycles. The van der Waals surface area contributed by atoms with Crippen molar-refractivity contribution in [3.8, 4) is 0 Å². The third kappa shape index (κ3) is 1.14. The molecule has 11 heavy (non-hydrogen) atoms. The topological polar surface area (TPSA) is 0 Å². The first kappa shape index (κ1) is 7.11. The van der Waals surface area contributed by atoms with Gasteiger partial charge in [-0.3, -0.25) is 0 Å². The Kier molecular flexibility index (Phi) is 1.61. The van der Waals surface area contributed by atoms with Gasteiger partial charge >= 0.3 is 0 Å². The molecule has 0 aliphatic heterocycles. The minimum absolute atomic E-state index is 1.08. The number of fused-ring (bicyclic) bond motifs is 1. The maximum atomic E-state index is 3.56. The van der Waals surface area contributed by atoms with Crippen LogP contribution in [0.15, 0.2) is 22.7 Å². The predicted molar refractivity (Wildman–Crippen MR) is 51.6 cm³/mol. The third-order valence-electron chi connectivity index (χ3n) is 1.99. The normalized spacial score (nSPS) is 13.6. The van der Waals surface area contributed by atoms with Gasteiger partial charge in [-0.1, -0.05) is 34.1 Å². The van der Waals surface area contributed by atoms with Gasteiger partial charge in [0.25, 0.3) is 0 Å². The maximum absolute atomic E-state index is 3.56. The summed E-state index contributed by atoms with van der Waals surface area (Å²) in [6.07, 6.45) is 5.47. The number of aryl methyl sites for hydroxylation is 1. The summed E-state index contributed by atoms with van der Waals surface area (Å²) in [5.74, 6) is 0. The molecule has 2 rings (SSSR count). The second-order valence-electron chi connectivity index (χ2n) is 2.92. The van der Waals surface area contributed by atoms with Gasteiger partial charge in [0.15, 0.2) is 0 Å². The number of halogens is 1. The first-order chi connectivity index (χ1) is 5.27. The number of hydrogen-bond acceptors (Lipinski definition) is 0. The molecule has 0 bridgehead atoms. The first-order valence-electron chi connectivity index (χ1n) is 3.73. The lowest BCUT2D eigenvalue weighted by molar-refractivity contribution is 1.27. The second kappa shape index (κ2) is 2.49. The molecule has 0 spiro atoms. The van der Waals surface area contributed by atoms with Crippen molar-refractivity contribution in [3.05, 3.63) is 39.4 Å². The van der Waals surface area contributed by atoms with Crippen molar-refractivity contribution in [2.45, 2.75) is 13.3 Å². The van der Waals surface area contributed by atoms with Crippen LogP contribution in [0.1, 0.15) is 16.7 Å². The van der Waals surface area contributed by atoms with Gasteiger partial charge in [0.1, 0.15) is 0 Å². The maximum Gasteiger partial charge on any atom is 0.0219 e. The van der Waals surface area contributed by atoms with Crippen LogP contribution in [0.5, 0.6) is 0 Å². The SMILES string of the molecule is Cc1cc(Br)c2c(c1)C=CC2. The Labute approximate surface area is 75.1 Å². The number of hydrogen-bond donors (Lipinski definition) is 0. The molecule has 1 aromatic rings. The highest BCUT2D eigenvalue weighted by molar-refractivity contribution is 9.10. The highest BCUT2D eigenvalue weighted by Gasteiger charge is 2.08. The van der Waals surface area contributed by atoms with Crippen LogP contribution in [-0.2, 0) is 6.42 Å². The zero-order valence-corrected chi connectivity index (χ0v) is 7.98. The van der Waals surface area contributed by atoms with E-state index in [0.717, 1.165) is 6.42 Å². The van der Waals surface area contributed by atoms with Gasteiger partial charge in [-0.15, -0.1) is 0 Å². The van der Waals surface area contributed by atoms with Crippen LogP contribution in [0.25, 0.3) is 6.08 Å². The van der Waals surface area contributed by atoms with Crippen molar-refractivity contribution in [1.29, 1.82) is 0 Å². The van der Waals surface area contributed by atoms with Gasteiger partial charge in [-0.05, 0) is 36.1 Å². The van der Waals surface area contributed by atoms with Crippen molar-refractivity contribution < 1.29 is 0 Å². The lowest BCUT2D eigenvalue weighted by Crippen LogP contribution is -1.85. The van der Waals surface area contributed by atoms with Crippen LogP contribution in [0.3, 0.4) is 0 Å². The first-order valence-corrected chi connectivity index (χ1v) is 4.52. The molecule has 0 fully saturated rings. The molecular formula is C10H9Br. The Hall–Kier alpha value is -0.560. The Morgan fingerprint density at radius 2 is 2.18 bits per heavy atom. The summed E-state index contributed by atoms with van der Waals surface area (Å²) in [5, 5.41) is 0. The molecule has 0 nitrogen and oxygen atoms in total. The van der Waals surface area contributed by atoms with E-state index in [-0.39, 0.29) is 0 Å². The molecule has 0 radical (unpaired) electrons. The average Bonchev–Trinajstić information content (AvgIpc) is 2.34. The van der Waals surface area contributed by atoms with Crippen LogP contribution in [-0.4, -0.2) is 0 Å². The van der Waals surface area contributed by atoms with Gasteiger partial charge in [0.2, 0.25) is 0 Å². The van der Waals surface area contributed by atoms with Crippen molar-refractivity contribution in [2.24, 2.45) is 0 Å². The van der Waals surface area contributed by atoms with E-state index in [4.69, 9.17) is 0 Å². The molecule has 1 aliphatic carbocycles. The van der Waals surface area contributed by atoms with E-state index in [9.17, 15) is 0 Å². The minimum atomic E-state index is 1.08. The van der Waals surface area contributed by atoms with Crippen LogP contribution in [0, 0.1) is 6.92 Å². The Balaban J connectivity index is 2.66. The van der Waals surface area contributed by atoms with Crippen molar-refractivity contribution in [3.63, 3.8) is 0 Å². The Morgan fingerprint density at radius 3 is 3.00 bits per heavy atom. The van der Waals surface area contributed by atoms with Gasteiger partial charge in [0, 0.05) is 4.47 Å². The number of rotatable bonds is 0. The van der Waals surface area contributed by atoms with Crippen molar-refractivity contribution in [2.75, 3.05) is 0 Å². The van der Waals surface area contributed by atoms with E-state index >= 15 is 0 Å². The molecule has 0 atom stereocenters. The molecule has 0 saturated heterocycles. The molecule has 56 valence electrons. The van der Waals surface area contributed by atoms with Gasteiger partial charge in [-0.2, -0.15) is 0 Å². The monoisotopic (exact) mass is 208 g/mol. The van der Waals surface area contributed by atoms with Gasteiger partial charge < -0.3 is 0 Å². The highest BCUT2D eigenvalue weighted by atomic mass is 79.9. The van der Waals surface area contributed by atoms with Gasteiger partial charge in [-0.25, -0.2) is 0 Å². The fraction of sp³-hybridized carbons (Fsp3) is 0.200. The lowest BCUT2D eigenvalue weighted by atomic mass is 10.1. The predicted octanol–water partition coefficient (Wildman–Crippen LogP) is 3.33. The van der Waals surface area contributed by atoms with E-state index < -0.39 is 0 Å². The molecule has 0 N–H and O–H groups in total. The molecular weight excluding hydrogens is 200 g/mol. The Morgan fingerprint density at radius 1 is 1.36 bits per heavy atom. The summed E-state index contributed by atoms with van der Waals surface area (Å²) < 4.78 is 1.25. The van der Waals surface area contributed by atoms with E-state index in [1.807, 2.05) is 0 Å². The van der Waals surface area contributed by atoms with Crippen molar-refractivity contribution in [1.82, 2.24) is 0 Å². The summed E-state index contributed by atoms with van der Waals surface area (Å²) in [5.41, 5.74) is 4.12. The summed E-state index contributed by atoms with van der Waals surface area (Å²) in [6, 6.07) is 4.40. The van der Waals surface area contributed by atoms with E-state index in [2.05, 4.69) is 47.1 Å². The van der Waals surface area contributed by atoms with Crippen LogP contribution in [0.2, 0.25) is 0 Å². The molecule has 1 aliphatic rings. The van der Waals surface area contributed by atoms with Crippen molar-refractivity contribution >= 4 is 22.0 Å². The second-order valence-corrected chi connectivity index (χ2v) is 3.78. The smallest absolute Gasteiger partial charge is 0.0219 e. The summed E-state index contributed by atoms with van der Waals surface area (Å²) in [7, 11) is 0. The summed E-state index contributed by atoms with van der Waals surface area (Å²) >= 11 is 3.56. The van der Waals surface area contributed by atoms with E-state index in [1.54, 1.807) is 0 Å². The van der Waals surface area contributed by atoms with Crippen LogP contribution >= 0.6 is 15.9 Å². The van der Waals surface area contributed by atoms with Gasteiger partial charge in [0.05, 0.1) is 0 Å². The lowest BCUT2D eigenvalue weighted by Gasteiger charge is -2.03. The molecule has 0 amide bonds. The third-order valence-corrected chi connectivity index (χ3v) is 2.70. The summed E-state index contributed by atoms with van der Waals surface area (Å²) in [4.78, 5) is 0. The highest BCUT2D eigenvalue weighted by Crippen LogP contribution is 2.28. The Bertz CT molecular complexity index is 324. The molecule has 0 unspecified atom stereocenters. The quantitative estimate of drug-likeness (QED) is 0.614. The fourth-order valence-electron chi connectivity index (χ4n) is 1.47. The molecule has 0 heterocycles. The zero-order chi connectivity index (χ0) is 7.84. The fourth-order valence-corrected chi connectivity index (χ4v) is 2.22. The average molecular weight is 209 g/mol. The number of benzene rings is 1. The van der Waals surface area contributed by atoms with E-state index in [0.29, 0.717) is 0 Å². The molecule has 1 aromatic carbocycles. The minimum Gasteiger partial charge on any atom is -0.0795 e. The van der Waals surface area contributed by atoms with Crippen LogP contribution < -0.4 is 0 Å². The largest absolute Gasteiger partial charge is 0.0795 e. The summed E-state index contributed by atoms with van der Waals surface area (Å²) in [6.45, 7) is 2.12. The van der Waals surface area contributed by atoms with Crippen LogP contribution in [0.4, 0.5) is 0 Å². The molecule has 1 heteroatoms. The number of allylic oxidation sites excluding steroid dienone is 1. The molecule has 0 aromatic heterocycles. The standard InChI is InChI=1S/C10H9Br/c1-7-5-8-3-2-4-9(8)10(11)6-7/h2-3,5-6H,4H2,1H3.